The summed E-state index contributed by atoms with van der Waals surface area (Å²) in [5.41, 5.74) is 0.555. The zero-order valence-corrected chi connectivity index (χ0v) is 8.63. The Morgan fingerprint density at radius 2 is 2.23 bits per heavy atom. The Morgan fingerprint density at radius 1 is 1.54 bits per heavy atom. The van der Waals surface area contributed by atoms with Gasteiger partial charge in [-0.1, -0.05) is 12.1 Å². The topological polar surface area (TPSA) is 66.8 Å². The molecule has 0 spiro atoms. The van der Waals surface area contributed by atoms with Gasteiger partial charge in [0.15, 0.2) is 0 Å². The van der Waals surface area contributed by atoms with Crippen LogP contribution in [0.3, 0.4) is 0 Å². The van der Waals surface area contributed by atoms with Crippen LogP contribution in [0.4, 0.5) is 0 Å². The van der Waals surface area contributed by atoms with E-state index in [4.69, 9.17) is 5.11 Å². The first kappa shape index (κ1) is 10.5. The van der Waals surface area contributed by atoms with Crippen molar-refractivity contribution >= 4 is 41.6 Å². The number of aromatic carboxylic acids is 1. The van der Waals surface area contributed by atoms with Crippen LogP contribution < -0.4 is 5.46 Å². The van der Waals surface area contributed by atoms with Gasteiger partial charge >= 0.3 is 13.1 Å². The molecule has 0 aliphatic heterocycles. The molecular formula is C7H6BIO4. The number of benzene rings is 1. The molecule has 0 saturated carbocycles. The second kappa shape index (κ2) is 4.59. The average molecular weight is 292 g/mol. The van der Waals surface area contributed by atoms with Crippen LogP contribution in [0.5, 0.6) is 0 Å². The Hall–Kier alpha value is -0.595. The van der Waals surface area contributed by atoms with Crippen molar-refractivity contribution in [3.8, 4) is 0 Å². The molecule has 0 unspecified atom stereocenters. The predicted octanol–water partition coefficient (Wildman–Crippen LogP) is 0.439. The Balaban J connectivity index is 2.98. The number of hydrogen-bond donors (Lipinski definition) is 2. The fourth-order valence-corrected chi connectivity index (χ4v) is 1.17. The molecule has 2 N–H and O–H groups in total. The lowest BCUT2D eigenvalue weighted by molar-refractivity contribution is 0.0697. The van der Waals surface area contributed by atoms with Gasteiger partial charge in [-0.25, -0.2) is 4.79 Å². The van der Waals surface area contributed by atoms with Gasteiger partial charge in [0, 0.05) is 0 Å². The van der Waals surface area contributed by atoms with Crippen molar-refractivity contribution in [2.24, 2.45) is 0 Å². The molecule has 0 saturated heterocycles. The van der Waals surface area contributed by atoms with Gasteiger partial charge in [0.1, 0.15) is 0 Å². The standard InChI is InChI=1S/C7H6BIO4/c9-13-8(12)6-3-1-2-5(4-6)7(10)11/h1-4,12H,(H,10,11). The fraction of sp³-hybridized carbons (Fsp3) is 0. The minimum Gasteiger partial charge on any atom is -0.478 e. The maximum absolute atomic E-state index is 10.5. The molecule has 0 radical (unpaired) electrons. The van der Waals surface area contributed by atoms with Crippen molar-refractivity contribution in [3.05, 3.63) is 29.8 Å². The molecule has 13 heavy (non-hydrogen) atoms. The van der Waals surface area contributed by atoms with E-state index in [1.165, 1.54) is 12.1 Å². The van der Waals surface area contributed by atoms with Crippen molar-refractivity contribution < 1.29 is 17.9 Å². The molecule has 1 rings (SSSR count). The Kier molecular flexibility index (Phi) is 3.70. The van der Waals surface area contributed by atoms with Crippen molar-refractivity contribution in [2.45, 2.75) is 0 Å². The summed E-state index contributed by atoms with van der Waals surface area (Å²) in [4.78, 5) is 10.5. The van der Waals surface area contributed by atoms with E-state index in [1.807, 2.05) is 0 Å². The molecule has 1 aromatic carbocycles. The molecule has 0 amide bonds. The monoisotopic (exact) mass is 292 g/mol. The van der Waals surface area contributed by atoms with E-state index in [1.54, 1.807) is 35.1 Å². The van der Waals surface area contributed by atoms with Gasteiger partial charge in [0.05, 0.1) is 28.6 Å². The maximum Gasteiger partial charge on any atom is 0.500 e. The second-order valence-electron chi connectivity index (χ2n) is 2.37. The van der Waals surface area contributed by atoms with E-state index >= 15 is 0 Å². The van der Waals surface area contributed by atoms with Gasteiger partial charge in [-0.15, -0.1) is 0 Å². The van der Waals surface area contributed by atoms with Crippen molar-refractivity contribution in [1.82, 2.24) is 0 Å². The maximum atomic E-state index is 10.5. The molecule has 0 heterocycles. The van der Waals surface area contributed by atoms with E-state index in [0.29, 0.717) is 5.46 Å². The third-order valence-electron chi connectivity index (χ3n) is 1.50. The van der Waals surface area contributed by atoms with Crippen LogP contribution in [0, 0.1) is 0 Å². The van der Waals surface area contributed by atoms with E-state index in [2.05, 4.69) is 2.98 Å². The Bertz CT molecular complexity index is 317. The van der Waals surface area contributed by atoms with Crippen LogP contribution >= 0.6 is 23.0 Å². The Morgan fingerprint density at radius 3 is 2.77 bits per heavy atom. The fourth-order valence-electron chi connectivity index (χ4n) is 0.877. The van der Waals surface area contributed by atoms with Crippen LogP contribution in [0.15, 0.2) is 24.3 Å². The molecule has 68 valence electrons. The third kappa shape index (κ3) is 2.68. The molecule has 1 aromatic rings. The summed E-state index contributed by atoms with van der Waals surface area (Å²) in [5.74, 6) is -1.03. The summed E-state index contributed by atoms with van der Waals surface area (Å²) in [6.07, 6.45) is 0. The number of carboxylic acids is 1. The third-order valence-corrected chi connectivity index (χ3v) is 1.98. The second-order valence-corrected chi connectivity index (χ2v) is 2.88. The molecule has 0 fully saturated rings. The van der Waals surface area contributed by atoms with Crippen molar-refractivity contribution in [3.63, 3.8) is 0 Å². The molecule has 0 aliphatic carbocycles. The normalized spacial score (nSPS) is 9.69. The smallest absolute Gasteiger partial charge is 0.478 e. The summed E-state index contributed by atoms with van der Waals surface area (Å²) in [6, 6.07) is 5.96. The quantitative estimate of drug-likeness (QED) is 0.626. The first-order valence-electron chi connectivity index (χ1n) is 3.44. The number of hydrogen-bond acceptors (Lipinski definition) is 3. The largest absolute Gasteiger partial charge is 0.500 e. The molecule has 6 heteroatoms. The SMILES string of the molecule is O=C(O)c1cccc(B(O)OI)c1. The summed E-state index contributed by atoms with van der Waals surface area (Å²) in [5, 5.41) is 17.9. The van der Waals surface area contributed by atoms with E-state index in [9.17, 15) is 9.82 Å². The number of carbonyl (C=O) groups is 1. The highest BCUT2D eigenvalue weighted by Gasteiger charge is 2.16. The molecule has 4 nitrogen and oxygen atoms in total. The van der Waals surface area contributed by atoms with Gasteiger partial charge in [-0.05, 0) is 17.6 Å². The van der Waals surface area contributed by atoms with Crippen molar-refractivity contribution in [1.29, 1.82) is 0 Å². The zero-order valence-electron chi connectivity index (χ0n) is 6.48. The lowest BCUT2D eigenvalue weighted by atomic mass is 9.80. The summed E-state index contributed by atoms with van der Waals surface area (Å²) >= 11 is 1.55. The number of rotatable bonds is 3. The van der Waals surface area contributed by atoms with Gasteiger partial charge in [0.25, 0.3) is 0 Å². The van der Waals surface area contributed by atoms with Crippen molar-refractivity contribution in [2.75, 3.05) is 0 Å². The first-order valence-corrected chi connectivity index (χ1v) is 4.32. The van der Waals surface area contributed by atoms with Crippen LogP contribution in [0.2, 0.25) is 0 Å². The molecule has 0 bridgehead atoms. The molecule has 0 aliphatic rings. The minimum atomic E-state index is -1.08. The summed E-state index contributed by atoms with van der Waals surface area (Å²) < 4.78 is 4.60. The lowest BCUT2D eigenvalue weighted by Gasteiger charge is -2.02. The number of carboxylic acid groups (broad SMARTS) is 1. The minimum absolute atomic E-state index is 0.130. The number of halogens is 1. The highest BCUT2D eigenvalue weighted by molar-refractivity contribution is 14.1. The van der Waals surface area contributed by atoms with E-state index in [-0.39, 0.29) is 5.56 Å². The van der Waals surface area contributed by atoms with Gasteiger partial charge in [0.2, 0.25) is 0 Å². The van der Waals surface area contributed by atoms with Crippen LogP contribution in [0.25, 0.3) is 0 Å². The average Bonchev–Trinajstić information content (AvgIpc) is 2.17. The zero-order chi connectivity index (χ0) is 9.84. The molecule has 0 aromatic heterocycles. The first-order chi connectivity index (χ1) is 6.15. The summed E-state index contributed by atoms with van der Waals surface area (Å²) in [6.45, 7) is 0. The van der Waals surface area contributed by atoms with Crippen LogP contribution in [0.1, 0.15) is 10.4 Å². The highest BCUT2D eigenvalue weighted by atomic mass is 127. The van der Waals surface area contributed by atoms with Gasteiger partial charge in [-0.2, -0.15) is 0 Å². The molecular weight excluding hydrogens is 286 g/mol. The van der Waals surface area contributed by atoms with Crippen LogP contribution in [-0.2, 0) is 2.98 Å². The Labute approximate surface area is 89.4 Å². The van der Waals surface area contributed by atoms with Gasteiger partial charge < -0.3 is 13.1 Å². The lowest BCUT2D eigenvalue weighted by Crippen LogP contribution is -2.31. The van der Waals surface area contributed by atoms with Gasteiger partial charge in [-0.3, -0.25) is 0 Å². The predicted molar refractivity (Wildman–Crippen MR) is 56.1 cm³/mol. The van der Waals surface area contributed by atoms with E-state index in [0.717, 1.165) is 0 Å². The van der Waals surface area contributed by atoms with Crippen LogP contribution in [-0.4, -0.2) is 23.2 Å². The summed E-state index contributed by atoms with van der Waals surface area (Å²) in [7, 11) is -1.08. The highest BCUT2D eigenvalue weighted by Crippen LogP contribution is 1.99. The molecule has 0 atom stereocenters. The van der Waals surface area contributed by atoms with E-state index < -0.39 is 13.1 Å².